The van der Waals surface area contributed by atoms with E-state index in [1.807, 2.05) is 13.0 Å². The minimum absolute atomic E-state index is 0.132. The lowest BCUT2D eigenvalue weighted by Gasteiger charge is -2.08. The topological polar surface area (TPSA) is 98.3 Å². The highest BCUT2D eigenvalue weighted by Gasteiger charge is 2.09. The van der Waals surface area contributed by atoms with Crippen LogP contribution in [0.1, 0.15) is 24.5 Å². The van der Waals surface area contributed by atoms with Crippen LogP contribution in [0.15, 0.2) is 18.2 Å². The van der Waals surface area contributed by atoms with Gasteiger partial charge in [-0.1, -0.05) is 13.0 Å². The van der Waals surface area contributed by atoms with Crippen molar-refractivity contribution in [1.29, 1.82) is 0 Å². The molecule has 6 nitrogen and oxygen atoms in total. The van der Waals surface area contributed by atoms with Gasteiger partial charge in [-0.05, 0) is 36.9 Å². The Morgan fingerprint density at radius 2 is 2.16 bits per heavy atom. The van der Waals surface area contributed by atoms with Crippen LogP contribution >= 0.6 is 0 Å². The van der Waals surface area contributed by atoms with Gasteiger partial charge in [-0.25, -0.2) is 0 Å². The summed E-state index contributed by atoms with van der Waals surface area (Å²) >= 11 is 0. The molecule has 0 bridgehead atoms. The molecule has 1 aromatic carbocycles. The van der Waals surface area contributed by atoms with Gasteiger partial charge >= 0.3 is 0 Å². The molecule has 0 saturated carbocycles. The molecule has 0 saturated heterocycles. The van der Waals surface area contributed by atoms with Crippen molar-refractivity contribution in [2.75, 3.05) is 13.1 Å². The van der Waals surface area contributed by atoms with Crippen LogP contribution in [-0.2, 0) is 17.6 Å². The number of benzene rings is 1. The molecule has 19 heavy (non-hydrogen) atoms. The molecule has 0 spiro atoms. The van der Waals surface area contributed by atoms with Gasteiger partial charge < -0.3 is 11.1 Å². The monoisotopic (exact) mass is 265 g/mol. The highest BCUT2D eigenvalue weighted by Crippen LogP contribution is 2.19. The van der Waals surface area contributed by atoms with Crippen molar-refractivity contribution in [3.05, 3.63) is 39.4 Å². The summed E-state index contributed by atoms with van der Waals surface area (Å²) in [5.41, 5.74) is 7.27. The summed E-state index contributed by atoms with van der Waals surface area (Å²) in [6, 6.07) is 4.97. The number of primary amides is 1. The predicted molar refractivity (Wildman–Crippen MR) is 72.9 cm³/mol. The molecule has 0 heterocycles. The molecule has 0 atom stereocenters. The van der Waals surface area contributed by atoms with Gasteiger partial charge in [-0.3, -0.25) is 14.9 Å². The maximum Gasteiger partial charge on any atom is 0.269 e. The fraction of sp³-hybridized carbons (Fsp3) is 0.462. The second-order valence-corrected chi connectivity index (χ2v) is 4.31. The van der Waals surface area contributed by atoms with E-state index in [1.165, 1.54) is 6.07 Å². The fourth-order valence-corrected chi connectivity index (χ4v) is 1.91. The molecule has 0 aliphatic carbocycles. The minimum atomic E-state index is -0.378. The number of nitro benzene ring substituents is 1. The molecule has 1 amide bonds. The Balaban J connectivity index is 2.53. The first-order valence-electron chi connectivity index (χ1n) is 6.29. The molecule has 0 fully saturated rings. The highest BCUT2D eigenvalue weighted by atomic mass is 16.6. The molecule has 1 aromatic rings. The first-order chi connectivity index (χ1) is 9.04. The number of hydrogen-bond acceptors (Lipinski definition) is 4. The third-order valence-electron chi connectivity index (χ3n) is 2.88. The summed E-state index contributed by atoms with van der Waals surface area (Å²) in [5.74, 6) is -0.371. The summed E-state index contributed by atoms with van der Waals surface area (Å²) in [6.45, 7) is 2.86. The van der Waals surface area contributed by atoms with Crippen molar-refractivity contribution >= 4 is 11.6 Å². The third-order valence-corrected chi connectivity index (χ3v) is 2.88. The molecule has 1 rings (SSSR count). The Bertz CT molecular complexity index is 460. The van der Waals surface area contributed by atoms with E-state index in [9.17, 15) is 14.9 Å². The van der Waals surface area contributed by atoms with Crippen LogP contribution < -0.4 is 11.1 Å². The fourth-order valence-electron chi connectivity index (χ4n) is 1.91. The predicted octanol–water partition coefficient (Wildman–Crippen LogP) is 1.16. The Morgan fingerprint density at radius 1 is 1.42 bits per heavy atom. The number of nitrogens with zero attached hydrogens (tertiary/aromatic N) is 1. The Hall–Kier alpha value is -1.95. The number of aryl methyl sites for hydroxylation is 2. The van der Waals surface area contributed by atoms with Gasteiger partial charge in [0.1, 0.15) is 0 Å². The van der Waals surface area contributed by atoms with Crippen molar-refractivity contribution < 1.29 is 9.72 Å². The number of nitrogens with one attached hydrogen (secondary N) is 1. The summed E-state index contributed by atoms with van der Waals surface area (Å²) in [5, 5.41) is 13.6. The van der Waals surface area contributed by atoms with E-state index >= 15 is 0 Å². The first-order valence-corrected chi connectivity index (χ1v) is 6.29. The highest BCUT2D eigenvalue weighted by molar-refractivity contribution is 5.75. The van der Waals surface area contributed by atoms with E-state index < -0.39 is 0 Å². The Kier molecular flexibility index (Phi) is 5.95. The lowest BCUT2D eigenvalue weighted by molar-refractivity contribution is -0.384. The smallest absolute Gasteiger partial charge is 0.269 e. The summed E-state index contributed by atoms with van der Waals surface area (Å²) in [6.07, 6.45) is 2.46. The van der Waals surface area contributed by atoms with Crippen LogP contribution in [0.4, 0.5) is 5.69 Å². The maximum atomic E-state index is 10.7. The number of nitro groups is 1. The second kappa shape index (κ2) is 7.48. The van der Waals surface area contributed by atoms with Gasteiger partial charge in [0.25, 0.3) is 5.69 Å². The quantitative estimate of drug-likeness (QED) is 0.418. The summed E-state index contributed by atoms with van der Waals surface area (Å²) in [7, 11) is 0. The molecule has 0 unspecified atom stereocenters. The number of amides is 1. The van der Waals surface area contributed by atoms with Crippen LogP contribution in [0, 0.1) is 10.1 Å². The number of hydrogen-bond donors (Lipinski definition) is 2. The Labute approximate surface area is 112 Å². The molecule has 0 aliphatic heterocycles. The minimum Gasteiger partial charge on any atom is -0.369 e. The SMILES string of the molecule is CCc1cc([N+](=O)[O-])ccc1CCCNCC(N)=O. The van der Waals surface area contributed by atoms with Crippen molar-refractivity contribution in [3.63, 3.8) is 0 Å². The molecule has 0 aliphatic rings. The number of nitrogens with two attached hydrogens (primary N) is 1. The molecular weight excluding hydrogens is 246 g/mol. The van der Waals surface area contributed by atoms with E-state index in [0.717, 1.165) is 30.4 Å². The maximum absolute atomic E-state index is 10.7. The number of non-ortho nitro benzene ring substituents is 1. The van der Waals surface area contributed by atoms with Crippen LogP contribution in [0.3, 0.4) is 0 Å². The van der Waals surface area contributed by atoms with Gasteiger partial charge in [0.15, 0.2) is 0 Å². The summed E-state index contributed by atoms with van der Waals surface area (Å²) in [4.78, 5) is 20.8. The van der Waals surface area contributed by atoms with Gasteiger partial charge in [-0.15, -0.1) is 0 Å². The molecule has 3 N–H and O–H groups in total. The van der Waals surface area contributed by atoms with Crippen LogP contribution in [0.25, 0.3) is 0 Å². The summed E-state index contributed by atoms with van der Waals surface area (Å²) < 4.78 is 0. The molecule has 0 radical (unpaired) electrons. The number of carbonyl (C=O) groups excluding carboxylic acids is 1. The first kappa shape index (κ1) is 15.1. The zero-order chi connectivity index (χ0) is 14.3. The molecule has 6 heteroatoms. The van der Waals surface area contributed by atoms with E-state index in [2.05, 4.69) is 5.32 Å². The van der Waals surface area contributed by atoms with Crippen molar-refractivity contribution in [1.82, 2.24) is 5.32 Å². The van der Waals surface area contributed by atoms with Crippen molar-refractivity contribution in [2.24, 2.45) is 5.73 Å². The number of carbonyl (C=O) groups is 1. The zero-order valence-electron chi connectivity index (χ0n) is 11.0. The largest absolute Gasteiger partial charge is 0.369 e. The average Bonchev–Trinajstić information content (AvgIpc) is 2.37. The average molecular weight is 265 g/mol. The number of rotatable bonds is 8. The molecule has 104 valence electrons. The lowest BCUT2D eigenvalue weighted by Crippen LogP contribution is -2.29. The zero-order valence-corrected chi connectivity index (χ0v) is 11.0. The van der Waals surface area contributed by atoms with E-state index in [0.29, 0.717) is 6.54 Å². The Morgan fingerprint density at radius 3 is 2.74 bits per heavy atom. The van der Waals surface area contributed by atoms with Crippen LogP contribution in [0.5, 0.6) is 0 Å². The van der Waals surface area contributed by atoms with E-state index in [1.54, 1.807) is 6.07 Å². The van der Waals surface area contributed by atoms with Crippen LogP contribution in [0.2, 0.25) is 0 Å². The lowest BCUT2D eigenvalue weighted by atomic mass is 10.0. The van der Waals surface area contributed by atoms with Gasteiger partial charge in [-0.2, -0.15) is 0 Å². The van der Waals surface area contributed by atoms with Crippen LogP contribution in [-0.4, -0.2) is 23.9 Å². The van der Waals surface area contributed by atoms with Gasteiger partial charge in [0.2, 0.25) is 5.91 Å². The third kappa shape index (κ3) is 5.05. The second-order valence-electron chi connectivity index (χ2n) is 4.31. The van der Waals surface area contributed by atoms with E-state index in [-0.39, 0.29) is 23.1 Å². The van der Waals surface area contributed by atoms with E-state index in [4.69, 9.17) is 5.73 Å². The molecule has 0 aromatic heterocycles. The standard InChI is InChI=1S/C13H19N3O3/c1-2-10-8-12(16(18)19)6-5-11(10)4-3-7-15-9-13(14)17/h5-6,8,15H,2-4,7,9H2,1H3,(H2,14,17). The van der Waals surface area contributed by atoms with Crippen molar-refractivity contribution in [3.8, 4) is 0 Å². The van der Waals surface area contributed by atoms with Gasteiger partial charge in [0, 0.05) is 12.1 Å². The van der Waals surface area contributed by atoms with Gasteiger partial charge in [0.05, 0.1) is 11.5 Å². The van der Waals surface area contributed by atoms with Crippen molar-refractivity contribution in [2.45, 2.75) is 26.2 Å². The molecular formula is C13H19N3O3. The normalized spacial score (nSPS) is 10.4.